The Hall–Kier alpha value is -1.93. The molecule has 0 unspecified atom stereocenters. The molecule has 2 amide bonds. The fourth-order valence-corrected chi connectivity index (χ4v) is 5.34. The van der Waals surface area contributed by atoms with Gasteiger partial charge in [0.2, 0.25) is 0 Å². The zero-order valence-electron chi connectivity index (χ0n) is 18.5. The SMILES string of the molecule is CC(C)(C)[Si](C)(C)OC1CCC(c2ccc(N3C[C@H](C(N)=O)OC3=O)cc2F)CC1. The minimum Gasteiger partial charge on any atom is -0.434 e. The average Bonchev–Trinajstić information content (AvgIpc) is 3.03. The maximum Gasteiger partial charge on any atom is 0.415 e. The summed E-state index contributed by atoms with van der Waals surface area (Å²) in [6, 6.07) is 4.80. The van der Waals surface area contributed by atoms with Gasteiger partial charge in [0.15, 0.2) is 14.4 Å². The first-order chi connectivity index (χ1) is 13.9. The minimum atomic E-state index is -1.80. The molecule has 0 bridgehead atoms. The maximum absolute atomic E-state index is 14.9. The van der Waals surface area contributed by atoms with E-state index in [1.54, 1.807) is 12.1 Å². The Kier molecular flexibility index (Phi) is 6.29. The standard InChI is InChI=1S/C22H33FN2O4Si/c1-22(2,3)30(4,5)29-16-9-6-14(7-10-16)17-11-8-15(12-18(17)23)25-13-19(20(24)26)28-21(25)27/h8,11-12,14,16,19H,6-7,9-10,13H2,1-5H3,(H2,24,26)/t14?,16?,19-/m1/s1. The van der Waals surface area contributed by atoms with Crippen molar-refractivity contribution in [2.45, 2.75) is 82.7 Å². The van der Waals surface area contributed by atoms with Crippen LogP contribution in [0, 0.1) is 5.82 Å². The molecular formula is C22H33FN2O4Si. The Bertz CT molecular complexity index is 816. The minimum absolute atomic E-state index is 0.00283. The Labute approximate surface area is 179 Å². The van der Waals surface area contributed by atoms with Crippen molar-refractivity contribution in [3.8, 4) is 0 Å². The van der Waals surface area contributed by atoms with Crippen LogP contribution >= 0.6 is 0 Å². The highest BCUT2D eigenvalue weighted by atomic mass is 28.4. The molecule has 30 heavy (non-hydrogen) atoms. The molecule has 1 aliphatic carbocycles. The number of hydrogen-bond acceptors (Lipinski definition) is 4. The van der Waals surface area contributed by atoms with Crippen molar-refractivity contribution in [1.29, 1.82) is 0 Å². The van der Waals surface area contributed by atoms with Crippen LogP contribution in [0.3, 0.4) is 0 Å². The van der Waals surface area contributed by atoms with E-state index in [0.717, 1.165) is 25.7 Å². The molecule has 6 nitrogen and oxygen atoms in total. The largest absolute Gasteiger partial charge is 0.434 e. The summed E-state index contributed by atoms with van der Waals surface area (Å²) in [7, 11) is -1.80. The zero-order valence-corrected chi connectivity index (χ0v) is 19.5. The molecule has 1 atom stereocenters. The van der Waals surface area contributed by atoms with Gasteiger partial charge >= 0.3 is 6.09 Å². The lowest BCUT2D eigenvalue weighted by molar-refractivity contribution is -0.124. The summed E-state index contributed by atoms with van der Waals surface area (Å²) in [6.07, 6.45) is 2.17. The summed E-state index contributed by atoms with van der Waals surface area (Å²) < 4.78 is 26.4. The highest BCUT2D eigenvalue weighted by Gasteiger charge is 2.40. The molecule has 166 valence electrons. The number of carbonyl (C=O) groups excluding carboxylic acids is 2. The third-order valence-corrected chi connectivity index (χ3v) is 11.3. The molecule has 1 aliphatic heterocycles. The topological polar surface area (TPSA) is 81.9 Å². The van der Waals surface area contributed by atoms with Crippen molar-refractivity contribution in [3.05, 3.63) is 29.6 Å². The highest BCUT2D eigenvalue weighted by molar-refractivity contribution is 6.74. The van der Waals surface area contributed by atoms with Crippen molar-refractivity contribution in [2.75, 3.05) is 11.4 Å². The van der Waals surface area contributed by atoms with E-state index in [1.165, 1.54) is 11.0 Å². The summed E-state index contributed by atoms with van der Waals surface area (Å²) >= 11 is 0. The number of benzene rings is 1. The second-order valence-corrected chi connectivity index (χ2v) is 14.7. The van der Waals surface area contributed by atoms with Crippen molar-refractivity contribution < 1.29 is 23.1 Å². The van der Waals surface area contributed by atoms with E-state index in [2.05, 4.69) is 33.9 Å². The number of halogens is 1. The third kappa shape index (κ3) is 4.69. The van der Waals surface area contributed by atoms with E-state index in [9.17, 15) is 14.0 Å². The molecular weight excluding hydrogens is 403 g/mol. The van der Waals surface area contributed by atoms with Gasteiger partial charge in [0.05, 0.1) is 12.2 Å². The number of nitrogens with zero attached hydrogens (tertiary/aromatic N) is 1. The van der Waals surface area contributed by atoms with Crippen molar-refractivity contribution in [2.24, 2.45) is 5.73 Å². The summed E-state index contributed by atoms with van der Waals surface area (Å²) in [5.74, 6) is -0.904. The number of carbonyl (C=O) groups is 2. The molecule has 0 spiro atoms. The molecule has 1 saturated carbocycles. The third-order valence-electron chi connectivity index (χ3n) is 6.81. The predicted octanol–water partition coefficient (Wildman–Crippen LogP) is 4.68. The van der Waals surface area contributed by atoms with Gasteiger partial charge in [-0.25, -0.2) is 9.18 Å². The Balaban J connectivity index is 1.63. The fraction of sp³-hybridized carbons (Fsp3) is 0.636. The molecule has 3 rings (SSSR count). The van der Waals surface area contributed by atoms with E-state index in [4.69, 9.17) is 14.9 Å². The average molecular weight is 437 g/mol. The van der Waals surface area contributed by atoms with Crippen LogP contribution in [0.4, 0.5) is 14.9 Å². The summed E-state index contributed by atoms with van der Waals surface area (Å²) in [6.45, 7) is 11.3. The van der Waals surface area contributed by atoms with Crippen molar-refractivity contribution in [3.63, 3.8) is 0 Å². The molecule has 1 aromatic rings. The Morgan fingerprint density at radius 3 is 2.37 bits per heavy atom. The fourth-order valence-electron chi connectivity index (χ4n) is 3.92. The van der Waals surface area contributed by atoms with Crippen LogP contribution in [0.1, 0.15) is 57.9 Å². The molecule has 0 aromatic heterocycles. The molecule has 1 aromatic carbocycles. The highest BCUT2D eigenvalue weighted by Crippen LogP contribution is 2.42. The van der Waals surface area contributed by atoms with E-state index in [1.807, 2.05) is 0 Å². The Morgan fingerprint density at radius 1 is 1.23 bits per heavy atom. The van der Waals surface area contributed by atoms with Crippen LogP contribution < -0.4 is 10.6 Å². The van der Waals surface area contributed by atoms with Gasteiger partial charge in [0.1, 0.15) is 5.82 Å². The maximum atomic E-state index is 14.9. The summed E-state index contributed by atoms with van der Waals surface area (Å²) in [4.78, 5) is 24.5. The number of rotatable bonds is 5. The van der Waals surface area contributed by atoms with Crippen molar-refractivity contribution >= 4 is 26.0 Å². The van der Waals surface area contributed by atoms with Gasteiger partial charge in [-0.2, -0.15) is 0 Å². The monoisotopic (exact) mass is 436 g/mol. The van der Waals surface area contributed by atoms with Gasteiger partial charge in [-0.15, -0.1) is 0 Å². The molecule has 2 fully saturated rings. The number of cyclic esters (lactones) is 1. The zero-order chi connectivity index (χ0) is 22.3. The van der Waals surface area contributed by atoms with E-state index >= 15 is 0 Å². The first kappa shape index (κ1) is 22.7. The number of ether oxygens (including phenoxy) is 1. The van der Waals surface area contributed by atoms with Crippen LogP contribution in [0.25, 0.3) is 0 Å². The Morgan fingerprint density at radius 2 is 1.87 bits per heavy atom. The van der Waals surface area contributed by atoms with Gasteiger partial charge < -0.3 is 14.9 Å². The number of primary amides is 1. The summed E-state index contributed by atoms with van der Waals surface area (Å²) in [5.41, 5.74) is 6.25. The first-order valence-electron chi connectivity index (χ1n) is 10.6. The van der Waals surface area contributed by atoms with E-state index in [-0.39, 0.29) is 29.4 Å². The lowest BCUT2D eigenvalue weighted by atomic mass is 9.82. The molecule has 2 aliphatic rings. The normalized spacial score (nSPS) is 25.3. The number of amides is 2. The van der Waals surface area contributed by atoms with E-state index in [0.29, 0.717) is 11.3 Å². The van der Waals surface area contributed by atoms with Crippen molar-refractivity contribution in [1.82, 2.24) is 0 Å². The van der Waals surface area contributed by atoms with Crippen LogP contribution in [-0.2, 0) is 14.0 Å². The second kappa shape index (κ2) is 8.30. The summed E-state index contributed by atoms with van der Waals surface area (Å²) in [5, 5.41) is 0.177. The molecule has 1 saturated heterocycles. The van der Waals surface area contributed by atoms with Crippen LogP contribution in [0.2, 0.25) is 18.1 Å². The quantitative estimate of drug-likeness (QED) is 0.679. The number of anilines is 1. The van der Waals surface area contributed by atoms with Crippen LogP contribution in [0.15, 0.2) is 18.2 Å². The smallest absolute Gasteiger partial charge is 0.415 e. The van der Waals surface area contributed by atoms with Gasteiger partial charge in [-0.1, -0.05) is 26.8 Å². The van der Waals surface area contributed by atoms with Gasteiger partial charge in [0, 0.05) is 6.10 Å². The number of nitrogens with two attached hydrogens (primary N) is 1. The second-order valence-electron chi connectivity index (χ2n) is 9.94. The van der Waals surface area contributed by atoms with Gasteiger partial charge in [-0.3, -0.25) is 9.69 Å². The molecule has 8 heteroatoms. The lowest BCUT2D eigenvalue weighted by Gasteiger charge is -2.41. The first-order valence-corrected chi connectivity index (χ1v) is 13.5. The van der Waals surface area contributed by atoms with Crippen LogP contribution in [0.5, 0.6) is 0 Å². The van der Waals surface area contributed by atoms with Crippen LogP contribution in [-0.4, -0.2) is 39.1 Å². The predicted molar refractivity (Wildman–Crippen MR) is 116 cm³/mol. The van der Waals surface area contributed by atoms with E-state index < -0.39 is 26.4 Å². The number of hydrogen-bond donors (Lipinski definition) is 1. The van der Waals surface area contributed by atoms with Gasteiger partial charge in [-0.05, 0) is 67.4 Å². The molecule has 1 heterocycles. The lowest BCUT2D eigenvalue weighted by Crippen LogP contribution is -2.44. The van der Waals surface area contributed by atoms with Gasteiger partial charge in [0.25, 0.3) is 5.91 Å². The molecule has 2 N–H and O–H groups in total. The molecule has 0 radical (unpaired) electrons.